The highest BCUT2D eigenvalue weighted by Crippen LogP contribution is 2.38. The Kier molecular flexibility index (Phi) is 6.46. The van der Waals surface area contributed by atoms with Gasteiger partial charge < -0.3 is 9.16 Å². The SMILES string of the molecule is Cc1cn([C@H]2C[C@H](OS(C)(=O)=O)[C@@H](CO[Si](C)(C)C(C)(C)C)O2)c(=O)[nH]c1=O. The van der Waals surface area contributed by atoms with E-state index in [9.17, 15) is 18.0 Å². The molecule has 1 N–H and O–H groups in total. The van der Waals surface area contributed by atoms with E-state index in [1.165, 1.54) is 10.8 Å². The highest BCUT2D eigenvalue weighted by Gasteiger charge is 2.43. The average molecular weight is 435 g/mol. The number of aromatic amines is 1. The average Bonchev–Trinajstić information content (AvgIpc) is 2.88. The molecule has 11 heteroatoms. The number of H-pyrrole nitrogens is 1. The summed E-state index contributed by atoms with van der Waals surface area (Å²) >= 11 is 0. The summed E-state index contributed by atoms with van der Waals surface area (Å²) < 4.78 is 41.9. The molecule has 1 saturated heterocycles. The number of aromatic nitrogens is 2. The zero-order valence-electron chi connectivity index (χ0n) is 17.4. The molecule has 2 rings (SSSR count). The van der Waals surface area contributed by atoms with Gasteiger partial charge in [0.1, 0.15) is 18.4 Å². The van der Waals surface area contributed by atoms with Crippen LogP contribution < -0.4 is 11.2 Å². The van der Waals surface area contributed by atoms with E-state index in [-0.39, 0.29) is 18.1 Å². The molecule has 28 heavy (non-hydrogen) atoms. The molecule has 1 aliphatic rings. The predicted octanol–water partition coefficient (Wildman–Crippen LogP) is 1.50. The van der Waals surface area contributed by atoms with Crippen molar-refractivity contribution in [2.24, 2.45) is 0 Å². The van der Waals surface area contributed by atoms with Gasteiger partial charge in [-0.1, -0.05) is 20.8 Å². The molecule has 0 unspecified atom stereocenters. The van der Waals surface area contributed by atoms with Gasteiger partial charge in [0.25, 0.3) is 15.7 Å². The Morgan fingerprint density at radius 1 is 1.32 bits per heavy atom. The number of aryl methyl sites for hydroxylation is 1. The van der Waals surface area contributed by atoms with Crippen molar-refractivity contribution >= 4 is 18.4 Å². The van der Waals surface area contributed by atoms with Crippen LogP contribution in [0.2, 0.25) is 18.1 Å². The number of ether oxygens (including phenoxy) is 1. The molecule has 0 aromatic carbocycles. The lowest BCUT2D eigenvalue weighted by Gasteiger charge is -2.37. The zero-order valence-corrected chi connectivity index (χ0v) is 19.3. The number of hydrogen-bond donors (Lipinski definition) is 1. The lowest BCUT2D eigenvalue weighted by molar-refractivity contribution is -0.0387. The molecule has 9 nitrogen and oxygen atoms in total. The number of hydrogen-bond acceptors (Lipinski definition) is 7. The van der Waals surface area contributed by atoms with E-state index in [2.05, 4.69) is 38.8 Å². The van der Waals surface area contributed by atoms with E-state index < -0.39 is 48.1 Å². The second kappa shape index (κ2) is 7.86. The Hall–Kier alpha value is -1.27. The van der Waals surface area contributed by atoms with Gasteiger partial charge in [-0.15, -0.1) is 0 Å². The predicted molar refractivity (Wildman–Crippen MR) is 107 cm³/mol. The van der Waals surface area contributed by atoms with Crippen LogP contribution in [0.15, 0.2) is 15.8 Å². The fourth-order valence-corrected chi connectivity index (χ4v) is 4.32. The number of rotatable bonds is 6. The van der Waals surface area contributed by atoms with Gasteiger partial charge in [-0.3, -0.25) is 18.5 Å². The van der Waals surface area contributed by atoms with Gasteiger partial charge in [0.15, 0.2) is 8.32 Å². The minimum absolute atomic E-state index is 0.0227. The van der Waals surface area contributed by atoms with Crippen LogP contribution in [0.5, 0.6) is 0 Å². The molecule has 0 aliphatic carbocycles. The Morgan fingerprint density at radius 3 is 2.46 bits per heavy atom. The Balaban J connectivity index is 2.27. The van der Waals surface area contributed by atoms with Gasteiger partial charge in [-0.05, 0) is 25.1 Å². The van der Waals surface area contributed by atoms with Crippen molar-refractivity contribution in [1.82, 2.24) is 9.55 Å². The van der Waals surface area contributed by atoms with E-state index in [1.807, 2.05) is 0 Å². The molecule has 0 saturated carbocycles. The molecule has 0 bridgehead atoms. The molecular weight excluding hydrogens is 404 g/mol. The van der Waals surface area contributed by atoms with Crippen molar-refractivity contribution in [2.75, 3.05) is 12.9 Å². The Morgan fingerprint density at radius 2 is 1.93 bits per heavy atom. The van der Waals surface area contributed by atoms with Gasteiger partial charge in [-0.2, -0.15) is 8.42 Å². The molecule has 1 aliphatic heterocycles. The molecule has 1 fully saturated rings. The van der Waals surface area contributed by atoms with E-state index in [4.69, 9.17) is 13.3 Å². The number of nitrogens with one attached hydrogen (secondary N) is 1. The van der Waals surface area contributed by atoms with Crippen LogP contribution in [0.3, 0.4) is 0 Å². The molecule has 1 aromatic rings. The van der Waals surface area contributed by atoms with Crippen LogP contribution in [0.4, 0.5) is 0 Å². The molecule has 2 heterocycles. The maximum atomic E-state index is 12.2. The normalized spacial score (nSPS) is 23.9. The summed E-state index contributed by atoms with van der Waals surface area (Å²) in [5.41, 5.74) is -0.740. The quantitative estimate of drug-likeness (QED) is 0.532. The van der Waals surface area contributed by atoms with Crippen LogP contribution in [-0.2, 0) is 23.5 Å². The first-order valence-electron chi connectivity index (χ1n) is 9.10. The maximum Gasteiger partial charge on any atom is 0.330 e. The van der Waals surface area contributed by atoms with Crippen molar-refractivity contribution in [1.29, 1.82) is 0 Å². The smallest absolute Gasteiger partial charge is 0.330 e. The first-order chi connectivity index (χ1) is 12.6. The second-order valence-corrected chi connectivity index (χ2v) is 15.2. The second-order valence-electron chi connectivity index (χ2n) is 8.75. The van der Waals surface area contributed by atoms with Crippen molar-refractivity contribution in [2.45, 2.75) is 70.7 Å². The van der Waals surface area contributed by atoms with E-state index >= 15 is 0 Å². The van der Waals surface area contributed by atoms with E-state index in [0.29, 0.717) is 5.56 Å². The fourth-order valence-electron chi connectivity index (χ4n) is 2.65. The molecule has 0 radical (unpaired) electrons. The molecule has 160 valence electrons. The third kappa shape index (κ3) is 5.41. The van der Waals surface area contributed by atoms with Crippen LogP contribution in [0, 0.1) is 6.92 Å². The third-order valence-electron chi connectivity index (χ3n) is 5.35. The van der Waals surface area contributed by atoms with Crippen molar-refractivity contribution < 1.29 is 21.8 Å². The topological polar surface area (TPSA) is 117 Å². The van der Waals surface area contributed by atoms with Gasteiger partial charge in [-0.25, -0.2) is 4.79 Å². The summed E-state index contributed by atoms with van der Waals surface area (Å²) in [5, 5.41) is -0.0227. The molecule has 1 aromatic heterocycles. The summed E-state index contributed by atoms with van der Waals surface area (Å²) in [5.74, 6) is 0. The minimum atomic E-state index is -3.72. The summed E-state index contributed by atoms with van der Waals surface area (Å²) in [6.07, 6.45) is 0.312. The lowest BCUT2D eigenvalue weighted by atomic mass is 10.2. The number of nitrogens with zero attached hydrogens (tertiary/aromatic N) is 1. The summed E-state index contributed by atoms with van der Waals surface area (Å²) in [6, 6.07) is 0. The van der Waals surface area contributed by atoms with Gasteiger partial charge in [0.05, 0.1) is 12.9 Å². The standard InChI is InChI=1S/C17H30N2O7SSi/c1-11-9-19(16(21)18-15(11)20)14-8-12(26-27(5,22)23)13(25-14)10-24-28(6,7)17(2,3)4/h9,12-14H,8,10H2,1-7H3,(H,18,20,21)/t12-,13+,14+/m0/s1. The summed E-state index contributed by atoms with van der Waals surface area (Å²) in [4.78, 5) is 26.0. The molecular formula is C17H30N2O7SSi. The van der Waals surface area contributed by atoms with E-state index in [0.717, 1.165) is 6.26 Å². The van der Waals surface area contributed by atoms with Gasteiger partial charge in [0.2, 0.25) is 0 Å². The fraction of sp³-hybridized carbons (Fsp3) is 0.765. The Labute approximate surface area is 166 Å². The first-order valence-corrected chi connectivity index (χ1v) is 13.8. The summed E-state index contributed by atoms with van der Waals surface area (Å²) in [6.45, 7) is 12.2. The lowest BCUT2D eigenvalue weighted by Crippen LogP contribution is -2.44. The maximum absolute atomic E-state index is 12.2. The minimum Gasteiger partial charge on any atom is -0.414 e. The highest BCUT2D eigenvalue weighted by molar-refractivity contribution is 7.86. The molecule has 3 atom stereocenters. The van der Waals surface area contributed by atoms with Gasteiger partial charge >= 0.3 is 5.69 Å². The van der Waals surface area contributed by atoms with Crippen molar-refractivity contribution in [3.05, 3.63) is 32.6 Å². The first kappa shape index (κ1) is 23.0. The van der Waals surface area contributed by atoms with Crippen molar-refractivity contribution in [3.8, 4) is 0 Å². The molecule has 0 amide bonds. The zero-order chi connectivity index (χ0) is 21.5. The third-order valence-corrected chi connectivity index (χ3v) is 10.4. The van der Waals surface area contributed by atoms with Gasteiger partial charge in [0, 0.05) is 18.2 Å². The highest BCUT2D eigenvalue weighted by atomic mass is 32.2. The van der Waals surface area contributed by atoms with Crippen LogP contribution in [0.25, 0.3) is 0 Å². The largest absolute Gasteiger partial charge is 0.414 e. The van der Waals surface area contributed by atoms with Crippen molar-refractivity contribution in [3.63, 3.8) is 0 Å². The van der Waals surface area contributed by atoms with Crippen LogP contribution in [0.1, 0.15) is 39.0 Å². The molecule has 0 spiro atoms. The Bertz CT molecular complexity index is 930. The van der Waals surface area contributed by atoms with Crippen LogP contribution >= 0.6 is 0 Å². The van der Waals surface area contributed by atoms with E-state index in [1.54, 1.807) is 6.92 Å². The monoisotopic (exact) mass is 434 g/mol. The van der Waals surface area contributed by atoms with Crippen LogP contribution in [-0.4, -0.2) is 51.4 Å². The summed E-state index contributed by atoms with van der Waals surface area (Å²) in [7, 11) is -5.81.